The summed E-state index contributed by atoms with van der Waals surface area (Å²) in [5.41, 5.74) is 1.56. The molecule has 1 N–H and O–H groups in total. The molecule has 10 heteroatoms. The zero-order valence-electron chi connectivity index (χ0n) is 19.8. The Morgan fingerprint density at radius 2 is 1.88 bits per heavy atom. The third kappa shape index (κ3) is 8.06. The molecule has 0 unspecified atom stereocenters. The minimum atomic E-state index is -0.158. The van der Waals surface area contributed by atoms with Gasteiger partial charge in [0.05, 0.1) is 31.4 Å². The first-order valence-corrected chi connectivity index (χ1v) is 13.5. The fraction of sp³-hybridized carbons (Fsp3) is 0.542. The predicted molar refractivity (Wildman–Crippen MR) is 134 cm³/mol. The number of thioether (sulfide) groups is 1. The van der Waals surface area contributed by atoms with Gasteiger partial charge in [0.25, 0.3) is 5.91 Å². The van der Waals surface area contributed by atoms with E-state index in [1.807, 2.05) is 34.7 Å². The molecule has 34 heavy (non-hydrogen) atoms. The molecule has 8 nitrogen and oxygen atoms in total. The van der Waals surface area contributed by atoms with Crippen LogP contribution < -0.4 is 5.32 Å². The molecule has 1 fully saturated rings. The Kier molecular flexibility index (Phi) is 11.3. The second kappa shape index (κ2) is 14.4. The van der Waals surface area contributed by atoms with Crippen LogP contribution in [-0.2, 0) is 25.5 Å². The second-order valence-corrected chi connectivity index (χ2v) is 9.62. The van der Waals surface area contributed by atoms with E-state index in [2.05, 4.69) is 16.4 Å². The van der Waals surface area contributed by atoms with Crippen molar-refractivity contribution in [3.05, 3.63) is 45.9 Å². The van der Waals surface area contributed by atoms with Gasteiger partial charge in [-0.2, -0.15) is 0 Å². The molecule has 0 saturated carbocycles. The highest BCUT2D eigenvalue weighted by molar-refractivity contribution is 7.98. The van der Waals surface area contributed by atoms with Gasteiger partial charge >= 0.3 is 0 Å². The highest BCUT2D eigenvalue weighted by atomic mass is 32.2. The number of thiazole rings is 1. The van der Waals surface area contributed by atoms with Crippen molar-refractivity contribution in [1.82, 2.24) is 15.2 Å². The van der Waals surface area contributed by atoms with E-state index in [-0.39, 0.29) is 24.3 Å². The standard InChI is InChI=1S/C24H33N3O5S2/c1-30-11-12-31-13-14-32-16-22(28)27-9-7-18(8-10-27)24-26-20(17-34-24)23(29)25-15-19-5-3-4-6-21(19)33-2/h3-6,17-18H,7-16H2,1-2H3,(H,25,29). The summed E-state index contributed by atoms with van der Waals surface area (Å²) in [5.74, 6) is 0.109. The molecule has 0 spiro atoms. The van der Waals surface area contributed by atoms with Gasteiger partial charge in [0.2, 0.25) is 5.91 Å². The highest BCUT2D eigenvalue weighted by Gasteiger charge is 2.26. The summed E-state index contributed by atoms with van der Waals surface area (Å²) in [4.78, 5) is 32.6. The van der Waals surface area contributed by atoms with Crippen LogP contribution >= 0.6 is 23.1 Å². The normalized spacial score (nSPS) is 14.4. The van der Waals surface area contributed by atoms with Gasteiger partial charge < -0.3 is 24.4 Å². The first-order chi connectivity index (χ1) is 16.6. The van der Waals surface area contributed by atoms with Crippen LogP contribution in [0.2, 0.25) is 0 Å². The maximum absolute atomic E-state index is 12.6. The van der Waals surface area contributed by atoms with Crippen molar-refractivity contribution < 1.29 is 23.8 Å². The highest BCUT2D eigenvalue weighted by Crippen LogP contribution is 2.30. The van der Waals surface area contributed by atoms with Crippen LogP contribution in [0.5, 0.6) is 0 Å². The van der Waals surface area contributed by atoms with E-state index >= 15 is 0 Å². The van der Waals surface area contributed by atoms with Gasteiger partial charge in [0, 0.05) is 42.9 Å². The lowest BCUT2D eigenvalue weighted by molar-refractivity contribution is -0.137. The Balaban J connectivity index is 1.38. The maximum atomic E-state index is 12.6. The summed E-state index contributed by atoms with van der Waals surface area (Å²) in [6.45, 7) is 3.79. The third-order valence-corrected chi connectivity index (χ3v) is 7.46. The van der Waals surface area contributed by atoms with Crippen LogP contribution in [0.3, 0.4) is 0 Å². The van der Waals surface area contributed by atoms with Gasteiger partial charge in [-0.1, -0.05) is 18.2 Å². The van der Waals surface area contributed by atoms with Crippen molar-refractivity contribution in [1.29, 1.82) is 0 Å². The molecule has 1 aromatic carbocycles. The van der Waals surface area contributed by atoms with E-state index in [1.54, 1.807) is 18.9 Å². The molecule has 0 aliphatic carbocycles. The average Bonchev–Trinajstić information content (AvgIpc) is 3.37. The summed E-state index contributed by atoms with van der Waals surface area (Å²) < 4.78 is 15.7. The summed E-state index contributed by atoms with van der Waals surface area (Å²) in [5, 5.41) is 5.77. The average molecular weight is 508 g/mol. The zero-order valence-corrected chi connectivity index (χ0v) is 21.4. The second-order valence-electron chi connectivity index (χ2n) is 7.88. The number of nitrogens with one attached hydrogen (secondary N) is 1. The number of likely N-dealkylation sites (tertiary alicyclic amines) is 1. The van der Waals surface area contributed by atoms with Crippen LogP contribution in [0.4, 0.5) is 0 Å². The molecule has 2 heterocycles. The van der Waals surface area contributed by atoms with Gasteiger partial charge in [-0.05, 0) is 30.7 Å². The summed E-state index contributed by atoms with van der Waals surface area (Å²) in [6.07, 6.45) is 3.70. The molecular weight excluding hydrogens is 474 g/mol. The number of benzene rings is 1. The van der Waals surface area contributed by atoms with Crippen LogP contribution in [0, 0.1) is 0 Å². The third-order valence-electron chi connectivity index (χ3n) is 5.61. The largest absolute Gasteiger partial charge is 0.382 e. The first kappa shape index (κ1) is 26.6. The van der Waals surface area contributed by atoms with Crippen LogP contribution in [-0.4, -0.2) is 81.2 Å². The lowest BCUT2D eigenvalue weighted by atomic mass is 9.97. The van der Waals surface area contributed by atoms with Crippen molar-refractivity contribution in [3.63, 3.8) is 0 Å². The molecule has 2 aromatic rings. The quantitative estimate of drug-likeness (QED) is 0.329. The molecule has 3 rings (SSSR count). The number of hydrogen-bond acceptors (Lipinski definition) is 8. The smallest absolute Gasteiger partial charge is 0.271 e. The number of carbonyl (C=O) groups excluding carboxylic acids is 2. The van der Waals surface area contributed by atoms with E-state index in [4.69, 9.17) is 14.2 Å². The number of piperidine rings is 1. The van der Waals surface area contributed by atoms with Crippen molar-refractivity contribution >= 4 is 34.9 Å². The number of nitrogens with zero attached hydrogens (tertiary/aromatic N) is 2. The fourth-order valence-electron chi connectivity index (χ4n) is 3.68. The Hall–Kier alpha value is -1.98. The predicted octanol–water partition coefficient (Wildman–Crippen LogP) is 3.18. The summed E-state index contributed by atoms with van der Waals surface area (Å²) >= 11 is 3.19. The number of ether oxygens (including phenoxy) is 3. The molecule has 0 atom stereocenters. The summed E-state index contributed by atoms with van der Waals surface area (Å²) in [7, 11) is 1.63. The van der Waals surface area contributed by atoms with Gasteiger partial charge in [0.1, 0.15) is 12.3 Å². The van der Waals surface area contributed by atoms with Gasteiger partial charge in [-0.15, -0.1) is 23.1 Å². The SMILES string of the molecule is COCCOCCOCC(=O)N1CCC(c2nc(C(=O)NCc3ccccc3SC)cs2)CC1. The van der Waals surface area contributed by atoms with Crippen LogP contribution in [0.15, 0.2) is 34.5 Å². The Labute approximate surface area is 209 Å². The topological polar surface area (TPSA) is 90.0 Å². The fourth-order valence-corrected chi connectivity index (χ4v) is 5.27. The van der Waals surface area contributed by atoms with E-state index in [9.17, 15) is 9.59 Å². The molecule has 1 aliphatic rings. The molecule has 1 aliphatic heterocycles. The van der Waals surface area contributed by atoms with E-state index in [1.165, 1.54) is 11.3 Å². The lowest BCUT2D eigenvalue weighted by Crippen LogP contribution is -2.40. The number of amides is 2. The Morgan fingerprint density at radius 1 is 1.15 bits per heavy atom. The van der Waals surface area contributed by atoms with Crippen molar-refractivity contribution in [3.8, 4) is 0 Å². The van der Waals surface area contributed by atoms with E-state index in [0.29, 0.717) is 51.8 Å². The molecule has 2 amide bonds. The maximum Gasteiger partial charge on any atom is 0.271 e. The summed E-state index contributed by atoms with van der Waals surface area (Å²) in [6, 6.07) is 8.05. The minimum absolute atomic E-state index is 0.0000656. The lowest BCUT2D eigenvalue weighted by Gasteiger charge is -2.31. The zero-order chi connectivity index (χ0) is 24.2. The van der Waals surface area contributed by atoms with Gasteiger partial charge in [-0.25, -0.2) is 4.98 Å². The number of methoxy groups -OCH3 is 1. The van der Waals surface area contributed by atoms with E-state index < -0.39 is 0 Å². The first-order valence-electron chi connectivity index (χ1n) is 11.4. The number of rotatable bonds is 13. The molecule has 186 valence electrons. The Bertz CT molecular complexity index is 916. The van der Waals surface area contributed by atoms with Crippen molar-refractivity contribution in [2.24, 2.45) is 0 Å². The Morgan fingerprint density at radius 3 is 2.65 bits per heavy atom. The number of hydrogen-bond donors (Lipinski definition) is 1. The molecule has 1 saturated heterocycles. The molecular formula is C24H33N3O5S2. The van der Waals surface area contributed by atoms with Crippen LogP contribution in [0.1, 0.15) is 39.8 Å². The molecule has 0 bridgehead atoms. The van der Waals surface area contributed by atoms with Gasteiger partial charge in [0.15, 0.2) is 0 Å². The van der Waals surface area contributed by atoms with Gasteiger partial charge in [-0.3, -0.25) is 9.59 Å². The van der Waals surface area contributed by atoms with Crippen LogP contribution in [0.25, 0.3) is 0 Å². The van der Waals surface area contributed by atoms with Crippen molar-refractivity contribution in [2.45, 2.75) is 30.2 Å². The number of aromatic nitrogens is 1. The van der Waals surface area contributed by atoms with E-state index in [0.717, 1.165) is 28.3 Å². The number of carbonyl (C=O) groups is 2. The molecule has 1 aromatic heterocycles. The molecule has 0 radical (unpaired) electrons. The van der Waals surface area contributed by atoms with Crippen molar-refractivity contribution in [2.75, 3.05) is 59.5 Å². The minimum Gasteiger partial charge on any atom is -0.382 e. The monoisotopic (exact) mass is 507 g/mol.